The van der Waals surface area contributed by atoms with Gasteiger partial charge in [0.1, 0.15) is 5.82 Å². The van der Waals surface area contributed by atoms with Crippen LogP contribution >= 0.6 is 0 Å². The number of benzene rings is 7. The van der Waals surface area contributed by atoms with E-state index in [4.69, 9.17) is 9.97 Å². The molecule has 6 heteroatoms. The summed E-state index contributed by atoms with van der Waals surface area (Å²) in [7, 11) is -2.83. The highest BCUT2D eigenvalue weighted by Gasteiger charge is 2.47. The Labute approximate surface area is 420 Å². The molecule has 0 amide bonds. The van der Waals surface area contributed by atoms with E-state index in [0.717, 1.165) is 52.1 Å². The van der Waals surface area contributed by atoms with E-state index in [1.807, 2.05) is 0 Å². The van der Waals surface area contributed by atoms with Crippen LogP contribution in [0.1, 0.15) is 71.6 Å². The molecule has 4 atom stereocenters. The third-order valence-electron chi connectivity index (χ3n) is 18.2. The number of aromatic nitrogens is 3. The molecule has 0 N–H and O–H groups in total. The van der Waals surface area contributed by atoms with Gasteiger partial charge in [0, 0.05) is 63.5 Å². The van der Waals surface area contributed by atoms with Crippen molar-refractivity contribution in [1.82, 2.24) is 14.5 Å². The Bertz CT molecular complexity index is 3300. The van der Waals surface area contributed by atoms with Gasteiger partial charge < -0.3 is 9.80 Å². The lowest BCUT2D eigenvalue weighted by atomic mass is 9.63. The molecule has 7 aliphatic rings. The second kappa shape index (κ2) is 17.2. The number of rotatable bonds is 9. The lowest BCUT2D eigenvalue weighted by molar-refractivity contribution is 0.0900. The second-order valence-electron chi connectivity index (χ2n) is 22.3. The van der Waals surface area contributed by atoms with Crippen molar-refractivity contribution < 1.29 is 0 Å². The molecule has 0 radical (unpaired) electrons. The van der Waals surface area contributed by atoms with E-state index >= 15 is 0 Å². The van der Waals surface area contributed by atoms with Crippen molar-refractivity contribution in [3.05, 3.63) is 188 Å². The quantitative estimate of drug-likeness (QED) is 0.107. The first kappa shape index (κ1) is 43.1. The van der Waals surface area contributed by atoms with E-state index in [1.165, 1.54) is 112 Å². The van der Waals surface area contributed by atoms with Crippen LogP contribution in [0.5, 0.6) is 0 Å². The summed E-state index contributed by atoms with van der Waals surface area (Å²) >= 11 is 0. The predicted octanol–water partition coefficient (Wildman–Crippen LogP) is 12.5. The average molecular weight is 942 g/mol. The number of hydrogen-bond acceptors (Lipinski definition) is 4. The molecule has 7 aromatic carbocycles. The van der Waals surface area contributed by atoms with Crippen LogP contribution in [0, 0.1) is 23.7 Å². The molecule has 6 heterocycles. The zero-order valence-corrected chi connectivity index (χ0v) is 42.1. The van der Waals surface area contributed by atoms with Gasteiger partial charge in [0.05, 0.1) is 16.7 Å². The van der Waals surface area contributed by atoms with Gasteiger partial charge in [-0.05, 0) is 139 Å². The van der Waals surface area contributed by atoms with Crippen LogP contribution in [-0.2, 0) is 0 Å². The summed E-state index contributed by atoms with van der Waals surface area (Å²) in [5.74, 6) is 5.03. The Balaban J connectivity index is 0.982. The van der Waals surface area contributed by atoms with E-state index in [2.05, 4.69) is 216 Å². The molecule has 9 aromatic rings. The fraction of sp³-hybridized carbons (Fsp3) is 0.292. The molecule has 4 aliphatic heterocycles. The average Bonchev–Trinajstić information content (AvgIpc) is 3.57. The van der Waals surface area contributed by atoms with Crippen LogP contribution < -0.4 is 30.5 Å². The van der Waals surface area contributed by atoms with Crippen LogP contribution in [-0.4, -0.2) is 46.8 Å². The fourth-order valence-electron chi connectivity index (χ4n) is 15.3. The zero-order chi connectivity index (χ0) is 47.2. The molecule has 71 heavy (non-hydrogen) atoms. The summed E-state index contributed by atoms with van der Waals surface area (Å²) < 4.78 is 2.46. The number of anilines is 2. The monoisotopic (exact) mass is 941 g/mol. The van der Waals surface area contributed by atoms with E-state index < -0.39 is 8.07 Å². The summed E-state index contributed by atoms with van der Waals surface area (Å²) in [4.78, 5) is 17.0. The smallest absolute Gasteiger partial charge is 0.179 e. The number of para-hydroxylation sites is 1. The molecular weight excluding hydrogens is 879 g/mol. The van der Waals surface area contributed by atoms with E-state index in [9.17, 15) is 0 Å². The van der Waals surface area contributed by atoms with Crippen molar-refractivity contribution in [2.45, 2.75) is 95.8 Å². The van der Waals surface area contributed by atoms with Gasteiger partial charge >= 0.3 is 0 Å². The van der Waals surface area contributed by atoms with Crippen LogP contribution in [0.15, 0.2) is 188 Å². The highest BCUT2D eigenvalue weighted by Crippen LogP contribution is 2.51. The minimum Gasteiger partial charge on any atom is -0.366 e. The first-order valence-electron chi connectivity index (χ1n) is 26.8. The van der Waals surface area contributed by atoms with Crippen molar-refractivity contribution in [3.8, 4) is 28.5 Å². The maximum Gasteiger partial charge on any atom is 0.179 e. The predicted molar refractivity (Wildman–Crippen MR) is 298 cm³/mol. The molecule has 0 spiro atoms. The fourth-order valence-corrected chi connectivity index (χ4v) is 20.1. The van der Waals surface area contributed by atoms with Gasteiger partial charge in [0.25, 0.3) is 0 Å². The van der Waals surface area contributed by atoms with Gasteiger partial charge in [-0.3, -0.25) is 4.57 Å². The standard InChI is InChI=1S/C65H63N5Si/c1-43-32-51-29-28-47(43)33-44(2)68(51)52-30-31-60-59-26-12-13-27-62(59)70(63(60)41-52)64-42-61(48-16-14-18-50(39-48)69-53-35-45-34-46(37-53)38-54(69)36-45)66-65(67-64)49-17-15-25-58(40-49)71(55-19-6-3-7-20-55,56-21-8-4-9-22-56)57-23-10-5-11-24-57/h3-27,30-31,39-47,51,53-54H,28-29,32-38H2,1-2H3. The Hall–Kier alpha value is -6.76. The van der Waals surface area contributed by atoms with Gasteiger partial charge in [-0.1, -0.05) is 159 Å². The molecule has 2 aromatic heterocycles. The van der Waals surface area contributed by atoms with Crippen LogP contribution in [0.25, 0.3) is 50.3 Å². The minimum atomic E-state index is -2.83. The number of fused-ring (bicyclic) bond motifs is 7. The van der Waals surface area contributed by atoms with Crippen molar-refractivity contribution in [3.63, 3.8) is 0 Å². The minimum absolute atomic E-state index is 0.494. The largest absolute Gasteiger partial charge is 0.366 e. The summed E-state index contributed by atoms with van der Waals surface area (Å²) in [5, 5.41) is 7.87. The molecule has 4 unspecified atom stereocenters. The summed E-state index contributed by atoms with van der Waals surface area (Å²) in [6.07, 6.45) is 11.9. The lowest BCUT2D eigenvalue weighted by Crippen LogP contribution is -2.74. The van der Waals surface area contributed by atoms with Gasteiger partial charge in [-0.25, -0.2) is 9.97 Å². The maximum absolute atomic E-state index is 5.75. The highest BCUT2D eigenvalue weighted by atomic mass is 28.3. The molecule has 7 fully saturated rings. The lowest BCUT2D eigenvalue weighted by Gasteiger charge is -2.57. The normalized spacial score (nSPS) is 24.8. The number of piperidine rings is 2. The third kappa shape index (κ3) is 7.14. The zero-order valence-electron chi connectivity index (χ0n) is 41.1. The Morgan fingerprint density at radius 3 is 1.73 bits per heavy atom. The topological polar surface area (TPSA) is 37.2 Å². The molecule has 5 nitrogen and oxygen atoms in total. The Kier molecular flexibility index (Phi) is 10.4. The summed E-state index contributed by atoms with van der Waals surface area (Å²) in [6.45, 7) is 4.97. The van der Waals surface area contributed by atoms with Gasteiger partial charge in [0.2, 0.25) is 0 Å². The highest BCUT2D eigenvalue weighted by molar-refractivity contribution is 7.19. The first-order chi connectivity index (χ1) is 35.0. The molecular formula is C65H63N5Si. The number of nitrogens with zero attached hydrogens (tertiary/aromatic N) is 5. The molecule has 16 rings (SSSR count). The summed E-state index contributed by atoms with van der Waals surface area (Å²) in [5.41, 5.74) is 8.16. The molecule has 4 saturated heterocycles. The second-order valence-corrected chi connectivity index (χ2v) is 26.1. The maximum atomic E-state index is 5.75. The van der Waals surface area contributed by atoms with E-state index in [-0.39, 0.29) is 0 Å². The van der Waals surface area contributed by atoms with Gasteiger partial charge in [-0.2, -0.15) is 0 Å². The van der Waals surface area contributed by atoms with Gasteiger partial charge in [0.15, 0.2) is 13.9 Å². The van der Waals surface area contributed by atoms with Crippen molar-refractivity contribution in [1.29, 1.82) is 0 Å². The van der Waals surface area contributed by atoms with Crippen molar-refractivity contribution in [2.24, 2.45) is 23.7 Å². The first-order valence-corrected chi connectivity index (χ1v) is 28.8. The van der Waals surface area contributed by atoms with Crippen LogP contribution in [0.3, 0.4) is 0 Å². The van der Waals surface area contributed by atoms with Gasteiger partial charge in [-0.15, -0.1) is 0 Å². The Morgan fingerprint density at radius 2 is 1.04 bits per heavy atom. The third-order valence-corrected chi connectivity index (χ3v) is 23.0. The van der Waals surface area contributed by atoms with Crippen LogP contribution in [0.2, 0.25) is 0 Å². The molecule has 352 valence electrons. The van der Waals surface area contributed by atoms with E-state index in [1.54, 1.807) is 0 Å². The van der Waals surface area contributed by atoms with Crippen LogP contribution in [0.4, 0.5) is 11.4 Å². The molecule has 3 aliphatic carbocycles. The number of hydrogen-bond donors (Lipinski definition) is 0. The van der Waals surface area contributed by atoms with E-state index in [0.29, 0.717) is 24.2 Å². The SMILES string of the molecule is CC1CC2CCC1CC(C)N2c1ccc2c3ccccc3n(-c3cc(-c4cccc(N5C6CC7CC(C6)CC5C7)c4)nc(-c4cccc([Si](c5ccccc5)(c5ccccc5)c5ccccc5)c4)n3)c2c1. The summed E-state index contributed by atoms with van der Waals surface area (Å²) in [6, 6.07) is 73.2. The molecule has 3 saturated carbocycles. The Morgan fingerprint density at radius 1 is 0.437 bits per heavy atom. The molecule has 6 bridgehead atoms. The van der Waals surface area contributed by atoms with Crippen molar-refractivity contribution >= 4 is 62.0 Å². The van der Waals surface area contributed by atoms with Crippen molar-refractivity contribution in [2.75, 3.05) is 9.80 Å².